The molecule has 13 heavy (non-hydrogen) atoms. The summed E-state index contributed by atoms with van der Waals surface area (Å²) >= 11 is 0. The van der Waals surface area contributed by atoms with Gasteiger partial charge in [0.05, 0.1) is 5.69 Å². The van der Waals surface area contributed by atoms with E-state index >= 15 is 0 Å². The Labute approximate surface area is 79.0 Å². The van der Waals surface area contributed by atoms with Gasteiger partial charge in [-0.15, -0.1) is 5.10 Å². The number of hydrogen-bond donors (Lipinski definition) is 1. The molecule has 0 fully saturated rings. The summed E-state index contributed by atoms with van der Waals surface area (Å²) in [4.78, 5) is 1.93. The average molecular weight is 180 g/mol. The lowest BCUT2D eigenvalue weighted by molar-refractivity contribution is 0.698. The number of aromatic nitrogens is 2. The maximum atomic E-state index is 4.08. The van der Waals surface area contributed by atoms with Gasteiger partial charge in [-0.3, -0.25) is 0 Å². The van der Waals surface area contributed by atoms with Crippen LogP contribution in [0.4, 0.5) is 5.82 Å². The number of hydrogen-bond acceptors (Lipinski definition) is 4. The lowest BCUT2D eigenvalue weighted by atomic mass is 10.3. The molecule has 1 N–H and O–H groups in total. The molecule has 0 aliphatic carbocycles. The highest BCUT2D eigenvalue weighted by Gasteiger charge is 1.97. The van der Waals surface area contributed by atoms with Crippen molar-refractivity contribution in [3.05, 3.63) is 17.8 Å². The van der Waals surface area contributed by atoms with E-state index in [1.807, 2.05) is 31.1 Å². The van der Waals surface area contributed by atoms with Gasteiger partial charge in [0.15, 0.2) is 5.82 Å². The highest BCUT2D eigenvalue weighted by molar-refractivity contribution is 5.34. The maximum Gasteiger partial charge on any atom is 0.150 e. The number of nitrogens with one attached hydrogen (secondary N) is 1. The van der Waals surface area contributed by atoms with E-state index in [0.717, 1.165) is 24.6 Å². The molecule has 4 nitrogen and oxygen atoms in total. The summed E-state index contributed by atoms with van der Waals surface area (Å²) in [6, 6.07) is 3.96. The van der Waals surface area contributed by atoms with Gasteiger partial charge in [-0.1, -0.05) is 6.92 Å². The second-order valence-electron chi connectivity index (χ2n) is 3.06. The van der Waals surface area contributed by atoms with Crippen LogP contribution < -0.4 is 10.2 Å². The monoisotopic (exact) mass is 180 g/mol. The third-order valence-electron chi connectivity index (χ3n) is 1.72. The minimum atomic E-state index is 0.789. The van der Waals surface area contributed by atoms with Crippen LogP contribution in [0, 0.1) is 0 Å². The molecule has 72 valence electrons. The quantitative estimate of drug-likeness (QED) is 0.738. The van der Waals surface area contributed by atoms with E-state index in [4.69, 9.17) is 0 Å². The lowest BCUT2D eigenvalue weighted by Gasteiger charge is -2.09. The van der Waals surface area contributed by atoms with Crippen molar-refractivity contribution < 1.29 is 0 Å². The van der Waals surface area contributed by atoms with Gasteiger partial charge in [0.25, 0.3) is 0 Å². The summed E-state index contributed by atoms with van der Waals surface area (Å²) in [6.07, 6.45) is 0. The van der Waals surface area contributed by atoms with Crippen LogP contribution in [-0.2, 0) is 6.54 Å². The van der Waals surface area contributed by atoms with E-state index in [1.165, 1.54) is 0 Å². The van der Waals surface area contributed by atoms with Gasteiger partial charge in [0.1, 0.15) is 0 Å². The molecular weight excluding hydrogens is 164 g/mol. The molecule has 0 saturated heterocycles. The fourth-order valence-electron chi connectivity index (χ4n) is 0.939. The molecule has 0 unspecified atom stereocenters. The molecule has 4 heteroatoms. The Morgan fingerprint density at radius 2 is 2.08 bits per heavy atom. The SMILES string of the molecule is CCNCc1ccc(N(C)C)nn1. The highest BCUT2D eigenvalue weighted by atomic mass is 15.2. The van der Waals surface area contributed by atoms with Crippen molar-refractivity contribution in [2.24, 2.45) is 0 Å². The Morgan fingerprint density at radius 3 is 2.54 bits per heavy atom. The molecule has 1 heterocycles. The van der Waals surface area contributed by atoms with Crippen LogP contribution in [0.25, 0.3) is 0 Å². The van der Waals surface area contributed by atoms with Crippen molar-refractivity contribution in [1.29, 1.82) is 0 Å². The molecule has 0 aliphatic rings. The van der Waals surface area contributed by atoms with Crippen molar-refractivity contribution >= 4 is 5.82 Å². The first kappa shape index (κ1) is 9.92. The molecule has 1 rings (SSSR count). The van der Waals surface area contributed by atoms with Gasteiger partial charge in [-0.2, -0.15) is 5.10 Å². The summed E-state index contributed by atoms with van der Waals surface area (Å²) < 4.78 is 0. The zero-order valence-electron chi connectivity index (χ0n) is 8.41. The minimum absolute atomic E-state index is 0.789. The minimum Gasteiger partial charge on any atom is -0.361 e. The lowest BCUT2D eigenvalue weighted by Crippen LogP contribution is -2.15. The third-order valence-corrected chi connectivity index (χ3v) is 1.72. The Morgan fingerprint density at radius 1 is 1.31 bits per heavy atom. The van der Waals surface area contributed by atoms with Gasteiger partial charge in [-0.05, 0) is 18.7 Å². The topological polar surface area (TPSA) is 41.0 Å². The first-order valence-corrected chi connectivity index (χ1v) is 4.44. The third kappa shape index (κ3) is 2.99. The standard InChI is InChI=1S/C9H16N4/c1-4-10-7-8-5-6-9(12-11-8)13(2)3/h5-6,10H,4,7H2,1-3H3. The van der Waals surface area contributed by atoms with Crippen molar-refractivity contribution in [2.75, 3.05) is 25.5 Å². The van der Waals surface area contributed by atoms with Crippen LogP contribution in [0.3, 0.4) is 0 Å². The zero-order valence-corrected chi connectivity index (χ0v) is 8.41. The molecule has 0 saturated carbocycles. The fourth-order valence-corrected chi connectivity index (χ4v) is 0.939. The highest BCUT2D eigenvalue weighted by Crippen LogP contribution is 2.04. The van der Waals surface area contributed by atoms with Crippen LogP contribution in [0.1, 0.15) is 12.6 Å². The van der Waals surface area contributed by atoms with Gasteiger partial charge in [0, 0.05) is 20.6 Å². The second kappa shape index (κ2) is 4.77. The van der Waals surface area contributed by atoms with E-state index in [1.54, 1.807) is 0 Å². The second-order valence-corrected chi connectivity index (χ2v) is 3.06. The molecule has 1 aromatic rings. The molecule has 1 aromatic heterocycles. The molecule has 0 atom stereocenters. The van der Waals surface area contributed by atoms with Gasteiger partial charge in [-0.25, -0.2) is 0 Å². The van der Waals surface area contributed by atoms with E-state index in [-0.39, 0.29) is 0 Å². The molecule has 0 bridgehead atoms. The fraction of sp³-hybridized carbons (Fsp3) is 0.556. The van der Waals surface area contributed by atoms with E-state index in [0.29, 0.717) is 0 Å². The summed E-state index contributed by atoms with van der Waals surface area (Å²) in [5.41, 5.74) is 0.979. The Bertz CT molecular complexity index is 242. The predicted molar refractivity (Wildman–Crippen MR) is 53.7 cm³/mol. The summed E-state index contributed by atoms with van der Waals surface area (Å²) in [7, 11) is 3.90. The van der Waals surface area contributed by atoms with E-state index in [9.17, 15) is 0 Å². The van der Waals surface area contributed by atoms with E-state index < -0.39 is 0 Å². The normalized spacial score (nSPS) is 10.1. The summed E-state index contributed by atoms with van der Waals surface area (Å²) in [6.45, 7) is 3.82. The first-order valence-electron chi connectivity index (χ1n) is 4.44. The van der Waals surface area contributed by atoms with Crippen molar-refractivity contribution in [3.8, 4) is 0 Å². The first-order chi connectivity index (χ1) is 6.24. The van der Waals surface area contributed by atoms with Crippen LogP contribution >= 0.6 is 0 Å². The van der Waals surface area contributed by atoms with E-state index in [2.05, 4.69) is 22.4 Å². The smallest absolute Gasteiger partial charge is 0.150 e. The molecule has 0 amide bonds. The van der Waals surface area contributed by atoms with Gasteiger partial charge in [0.2, 0.25) is 0 Å². The zero-order chi connectivity index (χ0) is 9.68. The molecule has 0 aliphatic heterocycles. The van der Waals surface area contributed by atoms with Crippen molar-refractivity contribution in [3.63, 3.8) is 0 Å². The van der Waals surface area contributed by atoms with Crippen molar-refractivity contribution in [1.82, 2.24) is 15.5 Å². The average Bonchev–Trinajstić information content (AvgIpc) is 2.15. The molecule has 0 spiro atoms. The largest absolute Gasteiger partial charge is 0.361 e. The summed E-state index contributed by atoms with van der Waals surface area (Å²) in [5, 5.41) is 11.3. The van der Waals surface area contributed by atoms with Crippen LogP contribution in [0.15, 0.2) is 12.1 Å². The predicted octanol–water partition coefficient (Wildman–Crippen LogP) is 0.652. The maximum absolute atomic E-state index is 4.08. The Hall–Kier alpha value is -1.16. The van der Waals surface area contributed by atoms with Crippen LogP contribution in [0.2, 0.25) is 0 Å². The Kier molecular flexibility index (Phi) is 3.64. The number of rotatable bonds is 4. The number of nitrogens with zero attached hydrogens (tertiary/aromatic N) is 3. The van der Waals surface area contributed by atoms with Crippen LogP contribution in [0.5, 0.6) is 0 Å². The molecular formula is C9H16N4. The van der Waals surface area contributed by atoms with Crippen LogP contribution in [-0.4, -0.2) is 30.8 Å². The molecule has 0 radical (unpaired) electrons. The summed E-state index contributed by atoms with van der Waals surface area (Å²) in [5.74, 6) is 0.889. The van der Waals surface area contributed by atoms with Gasteiger partial charge >= 0.3 is 0 Å². The Balaban J connectivity index is 2.59. The van der Waals surface area contributed by atoms with Gasteiger partial charge < -0.3 is 10.2 Å². The molecule has 0 aromatic carbocycles. The van der Waals surface area contributed by atoms with Crippen molar-refractivity contribution in [2.45, 2.75) is 13.5 Å². The number of anilines is 1.